The molecule has 0 spiro atoms. The van der Waals surface area contributed by atoms with E-state index in [1.165, 1.54) is 25.1 Å². The van der Waals surface area contributed by atoms with Gasteiger partial charge in [-0.1, -0.05) is 17.7 Å². The Labute approximate surface area is 161 Å². The monoisotopic (exact) mass is 385 g/mol. The molecular weight excluding hydrogens is 369 g/mol. The summed E-state index contributed by atoms with van der Waals surface area (Å²) in [5.74, 6) is -1.18. The molecule has 5 nitrogen and oxygen atoms in total. The molecule has 0 atom stereocenters. The first-order chi connectivity index (χ1) is 12.9. The second kappa shape index (κ2) is 7.77. The number of rotatable bonds is 3. The zero-order valence-corrected chi connectivity index (χ0v) is 15.5. The van der Waals surface area contributed by atoms with Gasteiger partial charge in [0.15, 0.2) is 5.78 Å². The zero-order valence-electron chi connectivity index (χ0n) is 14.7. The van der Waals surface area contributed by atoms with Crippen molar-refractivity contribution in [2.24, 2.45) is 0 Å². The van der Waals surface area contributed by atoms with Gasteiger partial charge >= 0.3 is 0 Å². The van der Waals surface area contributed by atoms with E-state index >= 15 is 0 Å². The number of carbonyl (C=O) groups excluding carboxylic acids is 2. The highest BCUT2D eigenvalue weighted by molar-refractivity contribution is 6.33. The topological polar surface area (TPSA) is 64.4 Å². The molecule has 0 radical (unpaired) electrons. The number of halogens is 2. The molecule has 2 aromatic carbocycles. The normalized spacial score (nSPS) is 14.0. The van der Waals surface area contributed by atoms with E-state index in [-0.39, 0.29) is 16.4 Å². The third kappa shape index (κ3) is 3.79. The van der Waals surface area contributed by atoms with Crippen LogP contribution in [0, 0.1) is 17.1 Å². The van der Waals surface area contributed by atoms with E-state index in [0.29, 0.717) is 43.0 Å². The lowest BCUT2D eigenvalue weighted by atomic mass is 10.0. The van der Waals surface area contributed by atoms with Crippen molar-refractivity contribution in [3.63, 3.8) is 0 Å². The molecule has 2 aromatic rings. The number of hydrogen-bond donors (Lipinski definition) is 0. The Morgan fingerprint density at radius 2 is 1.85 bits per heavy atom. The van der Waals surface area contributed by atoms with Gasteiger partial charge in [0.1, 0.15) is 5.82 Å². The SMILES string of the molecule is CC(=O)c1ccc(C#N)cc1N1CCN(C(=O)c2c(F)cccc2Cl)CC1. The van der Waals surface area contributed by atoms with E-state index in [0.717, 1.165) is 0 Å². The van der Waals surface area contributed by atoms with Gasteiger partial charge in [-0.05, 0) is 37.3 Å². The molecule has 1 aliphatic heterocycles. The van der Waals surface area contributed by atoms with E-state index < -0.39 is 11.7 Å². The number of hydrogen-bond acceptors (Lipinski definition) is 4. The summed E-state index contributed by atoms with van der Waals surface area (Å²) in [4.78, 5) is 28.1. The highest BCUT2D eigenvalue weighted by atomic mass is 35.5. The molecule has 0 aromatic heterocycles. The predicted molar refractivity (Wildman–Crippen MR) is 101 cm³/mol. The summed E-state index contributed by atoms with van der Waals surface area (Å²) in [5.41, 5.74) is 1.55. The van der Waals surface area contributed by atoms with Crippen molar-refractivity contribution in [3.8, 4) is 6.07 Å². The Kier molecular flexibility index (Phi) is 5.43. The Balaban J connectivity index is 1.79. The number of benzene rings is 2. The van der Waals surface area contributed by atoms with Crippen LogP contribution in [0.5, 0.6) is 0 Å². The van der Waals surface area contributed by atoms with E-state index in [2.05, 4.69) is 6.07 Å². The van der Waals surface area contributed by atoms with E-state index in [9.17, 15) is 14.0 Å². The van der Waals surface area contributed by atoms with E-state index in [1.54, 1.807) is 23.1 Å². The lowest BCUT2D eigenvalue weighted by molar-refractivity contribution is 0.0741. The van der Waals surface area contributed by atoms with Crippen LogP contribution in [0.2, 0.25) is 5.02 Å². The Bertz CT molecular complexity index is 926. The third-order valence-corrected chi connectivity index (χ3v) is 4.91. The van der Waals surface area contributed by atoms with Crippen LogP contribution >= 0.6 is 11.6 Å². The van der Waals surface area contributed by atoms with Gasteiger partial charge in [-0.2, -0.15) is 5.26 Å². The lowest BCUT2D eigenvalue weighted by Crippen LogP contribution is -2.49. The molecule has 1 aliphatic rings. The third-order valence-electron chi connectivity index (χ3n) is 4.59. The van der Waals surface area contributed by atoms with Crippen molar-refractivity contribution in [3.05, 3.63) is 63.9 Å². The van der Waals surface area contributed by atoms with Gasteiger partial charge in [-0.3, -0.25) is 9.59 Å². The van der Waals surface area contributed by atoms with Gasteiger partial charge in [0.25, 0.3) is 5.91 Å². The first kappa shape index (κ1) is 18.9. The van der Waals surface area contributed by atoms with Gasteiger partial charge < -0.3 is 9.80 Å². The average Bonchev–Trinajstić information content (AvgIpc) is 2.67. The number of piperazine rings is 1. The number of anilines is 1. The zero-order chi connectivity index (χ0) is 19.6. The summed E-state index contributed by atoms with van der Waals surface area (Å²) in [5, 5.41) is 9.21. The number of nitriles is 1. The van der Waals surface area contributed by atoms with Crippen LogP contribution in [0.15, 0.2) is 36.4 Å². The van der Waals surface area contributed by atoms with Crippen molar-refractivity contribution in [2.75, 3.05) is 31.1 Å². The minimum Gasteiger partial charge on any atom is -0.367 e. The molecule has 1 amide bonds. The predicted octanol–water partition coefficient (Wildman–Crippen LogP) is 3.52. The summed E-state index contributed by atoms with van der Waals surface area (Å²) in [7, 11) is 0. The summed E-state index contributed by atoms with van der Waals surface area (Å²) in [6.07, 6.45) is 0. The number of ketones is 1. The quantitative estimate of drug-likeness (QED) is 0.758. The van der Waals surface area contributed by atoms with E-state index in [1.807, 2.05) is 4.90 Å². The molecular formula is C20H17ClFN3O2. The van der Waals surface area contributed by atoms with Crippen LogP contribution < -0.4 is 4.90 Å². The van der Waals surface area contributed by atoms with Crippen LogP contribution in [0.25, 0.3) is 0 Å². The van der Waals surface area contributed by atoms with E-state index in [4.69, 9.17) is 16.9 Å². The van der Waals surface area contributed by atoms with Gasteiger partial charge in [-0.15, -0.1) is 0 Å². The van der Waals surface area contributed by atoms with Crippen molar-refractivity contribution < 1.29 is 14.0 Å². The second-order valence-electron chi connectivity index (χ2n) is 6.28. The lowest BCUT2D eigenvalue weighted by Gasteiger charge is -2.37. The number of Topliss-reactive ketones (excluding diaryl/α,β-unsaturated/α-hetero) is 1. The Morgan fingerprint density at radius 1 is 1.15 bits per heavy atom. The molecule has 0 bridgehead atoms. The number of carbonyl (C=O) groups is 2. The molecule has 1 heterocycles. The number of nitrogens with zero attached hydrogens (tertiary/aromatic N) is 3. The molecule has 0 aliphatic carbocycles. The van der Waals surface area contributed by atoms with Crippen molar-refractivity contribution >= 4 is 29.0 Å². The van der Waals surface area contributed by atoms with Crippen molar-refractivity contribution in [2.45, 2.75) is 6.92 Å². The molecule has 138 valence electrons. The fraction of sp³-hybridized carbons (Fsp3) is 0.250. The summed E-state index contributed by atoms with van der Waals surface area (Å²) >= 11 is 5.99. The summed E-state index contributed by atoms with van der Waals surface area (Å²) in [6.45, 7) is 3.13. The Morgan fingerprint density at radius 3 is 2.44 bits per heavy atom. The van der Waals surface area contributed by atoms with Gasteiger partial charge in [-0.25, -0.2) is 4.39 Å². The highest BCUT2D eigenvalue weighted by Crippen LogP contribution is 2.26. The molecule has 1 saturated heterocycles. The van der Waals surface area contributed by atoms with Crippen LogP contribution in [-0.4, -0.2) is 42.8 Å². The van der Waals surface area contributed by atoms with Crippen LogP contribution in [0.4, 0.5) is 10.1 Å². The molecule has 0 N–H and O–H groups in total. The van der Waals surface area contributed by atoms with Crippen LogP contribution in [-0.2, 0) is 0 Å². The van der Waals surface area contributed by atoms with Crippen LogP contribution in [0.1, 0.15) is 33.2 Å². The first-order valence-corrected chi connectivity index (χ1v) is 8.83. The number of amides is 1. The minimum absolute atomic E-state index is 0.0861. The van der Waals surface area contributed by atoms with Gasteiger partial charge in [0, 0.05) is 37.4 Å². The smallest absolute Gasteiger partial charge is 0.258 e. The standard InChI is InChI=1S/C20H17ClFN3O2/c1-13(26)15-6-5-14(12-23)11-18(15)24-7-9-25(10-8-24)20(27)19-16(21)3-2-4-17(19)22/h2-6,11H,7-10H2,1H3. The molecule has 27 heavy (non-hydrogen) atoms. The molecule has 0 saturated carbocycles. The first-order valence-electron chi connectivity index (χ1n) is 8.45. The van der Waals surface area contributed by atoms with Gasteiger partial charge in [0.2, 0.25) is 0 Å². The maximum Gasteiger partial charge on any atom is 0.258 e. The van der Waals surface area contributed by atoms with Crippen molar-refractivity contribution in [1.29, 1.82) is 5.26 Å². The summed E-state index contributed by atoms with van der Waals surface area (Å²) in [6, 6.07) is 11.2. The molecule has 3 rings (SSSR count). The van der Waals surface area contributed by atoms with Crippen molar-refractivity contribution in [1.82, 2.24) is 4.90 Å². The maximum absolute atomic E-state index is 14.0. The average molecular weight is 386 g/mol. The van der Waals surface area contributed by atoms with Crippen LogP contribution in [0.3, 0.4) is 0 Å². The molecule has 7 heteroatoms. The molecule has 0 unspecified atom stereocenters. The fourth-order valence-electron chi connectivity index (χ4n) is 3.17. The van der Waals surface area contributed by atoms with Gasteiger partial charge in [0.05, 0.1) is 22.2 Å². The molecule has 1 fully saturated rings. The summed E-state index contributed by atoms with van der Waals surface area (Å²) < 4.78 is 14.0. The second-order valence-corrected chi connectivity index (χ2v) is 6.68. The fourth-order valence-corrected chi connectivity index (χ4v) is 3.42. The Hall–Kier alpha value is -2.91. The minimum atomic E-state index is -0.643. The largest absolute Gasteiger partial charge is 0.367 e. The maximum atomic E-state index is 14.0. The highest BCUT2D eigenvalue weighted by Gasteiger charge is 2.27.